The Labute approximate surface area is 181 Å². The quantitative estimate of drug-likeness (QED) is 0.551. The Morgan fingerprint density at radius 1 is 0.839 bits per heavy atom. The number of aromatic nitrogens is 2. The van der Waals surface area contributed by atoms with Gasteiger partial charge in [-0.05, 0) is 67.7 Å². The van der Waals surface area contributed by atoms with Crippen molar-refractivity contribution in [1.82, 2.24) is 14.5 Å². The van der Waals surface area contributed by atoms with Gasteiger partial charge >= 0.3 is 0 Å². The van der Waals surface area contributed by atoms with Gasteiger partial charge in [0.25, 0.3) is 5.91 Å². The minimum atomic E-state index is -0.116. The predicted molar refractivity (Wildman–Crippen MR) is 125 cm³/mol. The molecule has 6 heteroatoms. The van der Waals surface area contributed by atoms with Crippen LogP contribution in [0.15, 0.2) is 79.1 Å². The maximum atomic E-state index is 12.7. The molecule has 31 heavy (non-hydrogen) atoms. The van der Waals surface area contributed by atoms with Crippen molar-refractivity contribution in [1.29, 1.82) is 0 Å². The van der Waals surface area contributed by atoms with E-state index in [4.69, 9.17) is 0 Å². The lowest BCUT2D eigenvalue weighted by molar-refractivity contribution is 0.102. The highest BCUT2D eigenvalue weighted by molar-refractivity contribution is 6.04. The summed E-state index contributed by atoms with van der Waals surface area (Å²) in [5.41, 5.74) is 5.58. The molecule has 1 aliphatic rings. The van der Waals surface area contributed by atoms with Crippen LogP contribution in [0.4, 0.5) is 11.4 Å². The minimum absolute atomic E-state index is 0.116. The maximum Gasteiger partial charge on any atom is 0.255 e. The van der Waals surface area contributed by atoms with Gasteiger partial charge in [0.15, 0.2) is 0 Å². The van der Waals surface area contributed by atoms with Gasteiger partial charge in [0.2, 0.25) is 0 Å². The zero-order valence-corrected chi connectivity index (χ0v) is 17.5. The summed E-state index contributed by atoms with van der Waals surface area (Å²) >= 11 is 0. The van der Waals surface area contributed by atoms with E-state index in [0.29, 0.717) is 5.56 Å². The third kappa shape index (κ3) is 4.02. The van der Waals surface area contributed by atoms with Crippen molar-refractivity contribution in [3.8, 4) is 5.69 Å². The molecule has 0 radical (unpaired) electrons. The van der Waals surface area contributed by atoms with Crippen LogP contribution in [-0.4, -0.2) is 53.6 Å². The van der Waals surface area contributed by atoms with Crippen molar-refractivity contribution in [3.63, 3.8) is 0 Å². The van der Waals surface area contributed by atoms with Crippen LogP contribution >= 0.6 is 0 Å². The van der Waals surface area contributed by atoms with E-state index in [9.17, 15) is 4.79 Å². The van der Waals surface area contributed by atoms with Crippen molar-refractivity contribution in [2.45, 2.75) is 0 Å². The normalized spacial score (nSPS) is 14.7. The first-order valence-electron chi connectivity index (χ1n) is 10.5. The summed E-state index contributed by atoms with van der Waals surface area (Å²) in [5.74, 6) is -0.116. The zero-order chi connectivity index (χ0) is 21.2. The molecule has 0 saturated carbocycles. The van der Waals surface area contributed by atoms with E-state index < -0.39 is 0 Å². The molecule has 0 unspecified atom stereocenters. The van der Waals surface area contributed by atoms with Crippen LogP contribution in [-0.2, 0) is 0 Å². The van der Waals surface area contributed by atoms with Gasteiger partial charge in [-0.1, -0.05) is 12.1 Å². The zero-order valence-electron chi connectivity index (χ0n) is 17.5. The third-order valence-corrected chi connectivity index (χ3v) is 5.85. The molecule has 0 bridgehead atoms. The number of nitrogens with one attached hydrogen (secondary N) is 1. The second-order valence-corrected chi connectivity index (χ2v) is 7.94. The van der Waals surface area contributed by atoms with Gasteiger partial charge in [-0.25, -0.2) is 4.98 Å². The summed E-state index contributed by atoms with van der Waals surface area (Å²) in [6.45, 7) is 4.20. The molecule has 2 heterocycles. The molecule has 1 N–H and O–H groups in total. The lowest BCUT2D eigenvalue weighted by Crippen LogP contribution is -2.44. The van der Waals surface area contributed by atoms with Gasteiger partial charge in [-0.15, -0.1) is 0 Å². The lowest BCUT2D eigenvalue weighted by atomic mass is 10.1. The smallest absolute Gasteiger partial charge is 0.255 e. The van der Waals surface area contributed by atoms with Crippen LogP contribution in [0, 0.1) is 0 Å². The lowest BCUT2D eigenvalue weighted by Gasteiger charge is -2.34. The van der Waals surface area contributed by atoms with E-state index in [1.54, 1.807) is 0 Å². The van der Waals surface area contributed by atoms with Crippen LogP contribution in [0.3, 0.4) is 0 Å². The Kier molecular flexibility index (Phi) is 5.14. The second-order valence-electron chi connectivity index (χ2n) is 7.94. The first-order chi connectivity index (χ1) is 15.2. The number of imidazole rings is 1. The fourth-order valence-corrected chi connectivity index (χ4v) is 3.96. The van der Waals surface area contributed by atoms with E-state index in [-0.39, 0.29) is 5.91 Å². The first kappa shape index (κ1) is 19.3. The highest BCUT2D eigenvalue weighted by Crippen LogP contribution is 2.21. The molecule has 5 rings (SSSR count). The highest BCUT2D eigenvalue weighted by Gasteiger charge is 2.14. The topological polar surface area (TPSA) is 53.4 Å². The van der Waals surface area contributed by atoms with Gasteiger partial charge in [0.1, 0.15) is 6.33 Å². The molecule has 1 aliphatic heterocycles. The number of piperazine rings is 1. The standard InChI is InChI=1S/C25H25N5O/c1-28-14-16-29(17-15-28)21-12-8-20(9-13-21)27-25(31)19-6-10-22(11-7-19)30-18-26-23-4-2-3-5-24(23)30/h2-13,18H,14-17H2,1H3,(H,27,31). The van der Waals surface area contributed by atoms with Crippen molar-refractivity contribution in [3.05, 3.63) is 84.7 Å². The summed E-state index contributed by atoms with van der Waals surface area (Å²) in [4.78, 5) is 21.8. The number of carbonyl (C=O) groups is 1. The Bertz CT molecular complexity index is 1190. The molecule has 1 fully saturated rings. The molecule has 1 amide bonds. The molecule has 1 saturated heterocycles. The molecular weight excluding hydrogens is 386 g/mol. The number of benzene rings is 3. The van der Waals surface area contributed by atoms with Gasteiger partial charge in [0, 0.05) is 48.8 Å². The molecule has 3 aromatic carbocycles. The number of anilines is 2. The van der Waals surface area contributed by atoms with Crippen molar-refractivity contribution in [2.75, 3.05) is 43.4 Å². The SMILES string of the molecule is CN1CCN(c2ccc(NC(=O)c3ccc(-n4cnc5ccccc54)cc3)cc2)CC1. The van der Waals surface area contributed by atoms with Gasteiger partial charge in [0.05, 0.1) is 11.0 Å². The fourth-order valence-electron chi connectivity index (χ4n) is 3.96. The molecule has 156 valence electrons. The van der Waals surface area contributed by atoms with E-state index in [1.807, 2.05) is 71.6 Å². The number of hydrogen-bond acceptors (Lipinski definition) is 4. The summed E-state index contributed by atoms with van der Waals surface area (Å²) in [6.07, 6.45) is 1.81. The predicted octanol–water partition coefficient (Wildman–Crippen LogP) is 4.03. The van der Waals surface area contributed by atoms with Crippen LogP contribution in [0.2, 0.25) is 0 Å². The largest absolute Gasteiger partial charge is 0.369 e. The first-order valence-corrected chi connectivity index (χ1v) is 10.5. The maximum absolute atomic E-state index is 12.7. The number of carbonyl (C=O) groups excluding carboxylic acids is 1. The second kappa shape index (κ2) is 8.24. The van der Waals surface area contributed by atoms with E-state index in [1.165, 1.54) is 5.69 Å². The van der Waals surface area contributed by atoms with Crippen molar-refractivity contribution in [2.24, 2.45) is 0 Å². The van der Waals surface area contributed by atoms with Crippen LogP contribution in [0.5, 0.6) is 0 Å². The summed E-state index contributed by atoms with van der Waals surface area (Å²) in [6, 6.07) is 23.7. The molecule has 4 aromatic rings. The van der Waals surface area contributed by atoms with E-state index in [0.717, 1.165) is 48.6 Å². The molecule has 6 nitrogen and oxygen atoms in total. The third-order valence-electron chi connectivity index (χ3n) is 5.85. The Hall–Kier alpha value is -3.64. The van der Waals surface area contributed by atoms with Crippen LogP contribution < -0.4 is 10.2 Å². The van der Waals surface area contributed by atoms with Gasteiger partial charge in [-0.3, -0.25) is 9.36 Å². The van der Waals surface area contributed by atoms with E-state index >= 15 is 0 Å². The molecule has 0 atom stereocenters. The van der Waals surface area contributed by atoms with Crippen LogP contribution in [0.25, 0.3) is 16.7 Å². The molecule has 1 aromatic heterocycles. The number of nitrogens with zero attached hydrogens (tertiary/aromatic N) is 4. The Morgan fingerprint density at radius 2 is 1.52 bits per heavy atom. The molecular formula is C25H25N5O. The number of likely N-dealkylation sites (N-methyl/N-ethyl adjacent to an activating group) is 1. The number of rotatable bonds is 4. The number of fused-ring (bicyclic) bond motifs is 1. The van der Waals surface area contributed by atoms with Crippen molar-refractivity contribution < 1.29 is 4.79 Å². The number of amides is 1. The fraction of sp³-hybridized carbons (Fsp3) is 0.200. The summed E-state index contributed by atoms with van der Waals surface area (Å²) < 4.78 is 2.02. The monoisotopic (exact) mass is 411 g/mol. The van der Waals surface area contributed by atoms with Crippen LogP contribution in [0.1, 0.15) is 10.4 Å². The summed E-state index contributed by atoms with van der Waals surface area (Å²) in [5, 5.41) is 2.99. The average molecular weight is 412 g/mol. The Morgan fingerprint density at radius 3 is 2.26 bits per heavy atom. The van der Waals surface area contributed by atoms with Gasteiger partial charge in [-0.2, -0.15) is 0 Å². The molecule has 0 spiro atoms. The van der Waals surface area contributed by atoms with Crippen molar-refractivity contribution >= 4 is 28.3 Å². The van der Waals surface area contributed by atoms with E-state index in [2.05, 4.69) is 39.3 Å². The Balaban J connectivity index is 1.26. The number of para-hydroxylation sites is 2. The molecule has 0 aliphatic carbocycles. The highest BCUT2D eigenvalue weighted by atomic mass is 16.1. The minimum Gasteiger partial charge on any atom is -0.369 e. The number of hydrogen-bond donors (Lipinski definition) is 1. The van der Waals surface area contributed by atoms with Gasteiger partial charge < -0.3 is 15.1 Å². The summed E-state index contributed by atoms with van der Waals surface area (Å²) in [7, 11) is 2.15. The average Bonchev–Trinajstić information content (AvgIpc) is 3.24.